The summed E-state index contributed by atoms with van der Waals surface area (Å²) in [5, 5.41) is 1.39. The molecule has 2 heterocycles. The van der Waals surface area contributed by atoms with Crippen molar-refractivity contribution < 1.29 is 18.9 Å². The first-order valence-corrected chi connectivity index (χ1v) is 13.4. The van der Waals surface area contributed by atoms with Crippen LogP contribution in [0.15, 0.2) is 41.4 Å². The Morgan fingerprint density at radius 1 is 0.939 bits per heavy atom. The van der Waals surface area contributed by atoms with Gasteiger partial charge in [0.15, 0.2) is 5.79 Å². The lowest BCUT2D eigenvalue weighted by atomic mass is 9.77. The van der Waals surface area contributed by atoms with Crippen LogP contribution >= 0.6 is 7.92 Å². The number of allylic oxidation sites excluding steroid dienone is 1. The molecule has 4 rings (SSSR count). The standard InChI is InChI=1S/C28H41O4P/c1-19-10-11-21(20(2)16-19)23-24(22(29-8)12-13-27(23,7)30-9)33-25(3,4)17-28(18-26(33,5)6)31-14-15-32-28/h10-13,16,23H,14-15,17-18H2,1-9H3. The highest BCUT2D eigenvalue weighted by molar-refractivity contribution is 7.65. The third-order valence-corrected chi connectivity index (χ3v) is 11.4. The van der Waals surface area contributed by atoms with E-state index >= 15 is 0 Å². The number of methoxy groups -OCH3 is 2. The van der Waals surface area contributed by atoms with E-state index < -0.39 is 19.3 Å². The molecule has 2 saturated heterocycles. The third-order valence-electron chi connectivity index (χ3n) is 7.73. The Morgan fingerprint density at radius 3 is 2.06 bits per heavy atom. The van der Waals surface area contributed by atoms with Crippen LogP contribution in [0.1, 0.15) is 70.1 Å². The zero-order chi connectivity index (χ0) is 24.2. The topological polar surface area (TPSA) is 36.9 Å². The molecule has 0 radical (unpaired) electrons. The van der Waals surface area contributed by atoms with E-state index in [-0.39, 0.29) is 16.2 Å². The van der Waals surface area contributed by atoms with E-state index in [0.717, 1.165) is 18.6 Å². The van der Waals surface area contributed by atoms with Gasteiger partial charge in [-0.3, -0.25) is 0 Å². The smallest absolute Gasteiger partial charge is 0.170 e. The average molecular weight is 473 g/mol. The van der Waals surface area contributed by atoms with Gasteiger partial charge in [0, 0.05) is 31.2 Å². The molecule has 0 saturated carbocycles. The highest BCUT2D eigenvalue weighted by Gasteiger charge is 2.60. The fourth-order valence-electron chi connectivity index (χ4n) is 6.75. The Balaban J connectivity index is 1.93. The SMILES string of the molecule is COC1=C(P2C(C)(C)CC3(CC2(C)C)OCCO3)C(c2ccc(C)cc2C)C(C)(OC)C=C1. The Hall–Kier alpha value is -1.19. The molecule has 1 spiro atoms. The lowest BCUT2D eigenvalue weighted by Crippen LogP contribution is -2.52. The van der Waals surface area contributed by atoms with Gasteiger partial charge in [-0.15, -0.1) is 0 Å². The van der Waals surface area contributed by atoms with Gasteiger partial charge < -0.3 is 18.9 Å². The van der Waals surface area contributed by atoms with Crippen LogP contribution in [0.2, 0.25) is 0 Å². The minimum absolute atomic E-state index is 0.00276. The first kappa shape index (κ1) is 24.9. The normalized spacial score (nSPS) is 30.8. The van der Waals surface area contributed by atoms with Crippen molar-refractivity contribution in [1.29, 1.82) is 0 Å². The first-order chi connectivity index (χ1) is 15.4. The summed E-state index contributed by atoms with van der Waals surface area (Å²) in [7, 11) is 2.99. The van der Waals surface area contributed by atoms with Crippen molar-refractivity contribution in [2.75, 3.05) is 27.4 Å². The molecule has 2 atom stereocenters. The average Bonchev–Trinajstić information content (AvgIpc) is 3.14. The van der Waals surface area contributed by atoms with E-state index in [9.17, 15) is 0 Å². The van der Waals surface area contributed by atoms with Gasteiger partial charge in [-0.05, 0) is 54.4 Å². The van der Waals surface area contributed by atoms with Crippen LogP contribution < -0.4 is 0 Å². The van der Waals surface area contributed by atoms with Gasteiger partial charge >= 0.3 is 0 Å². The molecule has 1 aromatic carbocycles. The van der Waals surface area contributed by atoms with Crippen molar-refractivity contribution in [2.24, 2.45) is 0 Å². The van der Waals surface area contributed by atoms with Crippen molar-refractivity contribution >= 4 is 7.92 Å². The molecule has 33 heavy (non-hydrogen) atoms. The van der Waals surface area contributed by atoms with Crippen LogP contribution in [0.25, 0.3) is 0 Å². The van der Waals surface area contributed by atoms with Crippen LogP contribution in [-0.2, 0) is 18.9 Å². The molecule has 0 N–H and O–H groups in total. The van der Waals surface area contributed by atoms with E-state index in [1.807, 2.05) is 7.11 Å². The Bertz CT molecular complexity index is 950. The van der Waals surface area contributed by atoms with Gasteiger partial charge in [0.25, 0.3) is 0 Å². The predicted molar refractivity (Wildman–Crippen MR) is 136 cm³/mol. The molecule has 0 aromatic heterocycles. The van der Waals surface area contributed by atoms with Crippen LogP contribution in [0.4, 0.5) is 0 Å². The molecular formula is C28H41O4P. The molecule has 0 amide bonds. The van der Waals surface area contributed by atoms with Gasteiger partial charge in [0.2, 0.25) is 0 Å². The number of rotatable bonds is 4. The summed E-state index contributed by atoms with van der Waals surface area (Å²) in [5.41, 5.74) is 3.44. The summed E-state index contributed by atoms with van der Waals surface area (Å²) < 4.78 is 24.9. The molecule has 2 aliphatic heterocycles. The third kappa shape index (κ3) is 4.22. The maximum Gasteiger partial charge on any atom is 0.170 e. The number of aryl methyl sites for hydroxylation is 2. The second-order valence-corrected chi connectivity index (χ2v) is 15.0. The molecule has 2 unspecified atom stereocenters. The Labute approximate surface area is 201 Å². The number of benzene rings is 1. The maximum absolute atomic E-state index is 6.26. The highest BCUT2D eigenvalue weighted by Crippen LogP contribution is 2.76. The summed E-state index contributed by atoms with van der Waals surface area (Å²) in [5.74, 6) is 0.599. The number of hydrogen-bond acceptors (Lipinski definition) is 4. The van der Waals surface area contributed by atoms with Crippen molar-refractivity contribution in [3.8, 4) is 0 Å². The van der Waals surface area contributed by atoms with Crippen molar-refractivity contribution in [2.45, 2.75) is 88.9 Å². The van der Waals surface area contributed by atoms with E-state index in [2.05, 4.69) is 78.8 Å². The van der Waals surface area contributed by atoms with Gasteiger partial charge in [-0.1, -0.05) is 59.4 Å². The fourth-order valence-corrected chi connectivity index (χ4v) is 11.5. The van der Waals surface area contributed by atoms with Gasteiger partial charge in [-0.2, -0.15) is 0 Å². The predicted octanol–water partition coefficient (Wildman–Crippen LogP) is 6.80. The summed E-state index contributed by atoms with van der Waals surface area (Å²) in [6, 6.07) is 6.80. The minimum atomic E-state index is -0.647. The van der Waals surface area contributed by atoms with E-state index in [1.54, 1.807) is 7.11 Å². The highest BCUT2D eigenvalue weighted by atomic mass is 31.1. The molecule has 182 valence electrons. The Kier molecular flexibility index (Phi) is 6.41. The van der Waals surface area contributed by atoms with Gasteiger partial charge in [-0.25, -0.2) is 0 Å². The summed E-state index contributed by atoms with van der Waals surface area (Å²) in [6.07, 6.45) is 6.11. The largest absolute Gasteiger partial charge is 0.496 e. The summed E-state index contributed by atoms with van der Waals surface area (Å²) in [6.45, 7) is 17.6. The van der Waals surface area contributed by atoms with E-state index in [4.69, 9.17) is 18.9 Å². The zero-order valence-electron chi connectivity index (χ0n) is 21.9. The van der Waals surface area contributed by atoms with Crippen LogP contribution in [0.3, 0.4) is 0 Å². The lowest BCUT2D eigenvalue weighted by Gasteiger charge is -2.58. The molecule has 1 aliphatic carbocycles. The fraction of sp³-hybridized carbons (Fsp3) is 0.643. The van der Waals surface area contributed by atoms with Gasteiger partial charge in [0.05, 0.1) is 25.9 Å². The molecule has 0 bridgehead atoms. The van der Waals surface area contributed by atoms with Crippen LogP contribution in [0.5, 0.6) is 0 Å². The van der Waals surface area contributed by atoms with E-state index in [1.165, 1.54) is 22.0 Å². The molecule has 3 aliphatic rings. The number of hydrogen-bond donors (Lipinski definition) is 0. The van der Waals surface area contributed by atoms with Crippen LogP contribution in [-0.4, -0.2) is 49.1 Å². The summed E-state index contributed by atoms with van der Waals surface area (Å²) >= 11 is 0. The molecular weight excluding hydrogens is 431 g/mol. The van der Waals surface area contributed by atoms with E-state index in [0.29, 0.717) is 13.2 Å². The quantitative estimate of drug-likeness (QED) is 0.452. The maximum atomic E-state index is 6.26. The molecule has 5 heteroatoms. The van der Waals surface area contributed by atoms with Crippen molar-refractivity contribution in [1.82, 2.24) is 0 Å². The number of ether oxygens (including phenoxy) is 4. The molecule has 4 nitrogen and oxygen atoms in total. The van der Waals surface area contributed by atoms with Crippen LogP contribution in [0, 0.1) is 13.8 Å². The Morgan fingerprint density at radius 2 is 1.55 bits per heavy atom. The van der Waals surface area contributed by atoms with Gasteiger partial charge in [0.1, 0.15) is 5.76 Å². The van der Waals surface area contributed by atoms with Crippen molar-refractivity contribution in [3.05, 3.63) is 58.1 Å². The molecule has 2 fully saturated rings. The lowest BCUT2D eigenvalue weighted by molar-refractivity contribution is -0.178. The minimum Gasteiger partial charge on any atom is -0.496 e. The summed E-state index contributed by atoms with van der Waals surface area (Å²) in [4.78, 5) is 0. The molecule has 1 aromatic rings. The van der Waals surface area contributed by atoms with Crippen molar-refractivity contribution in [3.63, 3.8) is 0 Å². The zero-order valence-corrected chi connectivity index (χ0v) is 22.8. The monoisotopic (exact) mass is 472 g/mol. The second kappa shape index (κ2) is 8.48. The first-order valence-electron chi connectivity index (χ1n) is 12.1. The second-order valence-electron chi connectivity index (χ2n) is 11.4.